The number of rotatable bonds is 3. The van der Waals surface area contributed by atoms with E-state index in [1.807, 2.05) is 42.5 Å². The summed E-state index contributed by atoms with van der Waals surface area (Å²) in [6.45, 7) is 0. The lowest BCUT2D eigenvalue weighted by molar-refractivity contribution is 0.0694. The van der Waals surface area contributed by atoms with E-state index in [-0.39, 0.29) is 11.3 Å². The van der Waals surface area contributed by atoms with Crippen LogP contribution in [0.5, 0.6) is 5.75 Å². The number of benzene rings is 3. The summed E-state index contributed by atoms with van der Waals surface area (Å²) in [5, 5.41) is 20.8. The summed E-state index contributed by atoms with van der Waals surface area (Å²) in [4.78, 5) is 11.3. The molecular formula is C18H14O3. The van der Waals surface area contributed by atoms with E-state index in [0.29, 0.717) is 11.8 Å². The van der Waals surface area contributed by atoms with E-state index in [2.05, 4.69) is 0 Å². The molecule has 0 aliphatic carbocycles. The first kappa shape index (κ1) is 13.2. The van der Waals surface area contributed by atoms with Gasteiger partial charge >= 0.3 is 5.97 Å². The van der Waals surface area contributed by atoms with Gasteiger partial charge in [-0.2, -0.15) is 0 Å². The average molecular weight is 278 g/mol. The van der Waals surface area contributed by atoms with Crippen LogP contribution < -0.4 is 0 Å². The van der Waals surface area contributed by atoms with E-state index < -0.39 is 5.97 Å². The first-order chi connectivity index (χ1) is 10.2. The van der Waals surface area contributed by atoms with Crippen LogP contribution in [0.4, 0.5) is 0 Å². The van der Waals surface area contributed by atoms with Crippen LogP contribution in [0.25, 0.3) is 10.8 Å². The van der Waals surface area contributed by atoms with Crippen LogP contribution in [0.15, 0.2) is 60.7 Å². The maximum Gasteiger partial charge on any atom is 0.339 e. The molecule has 0 amide bonds. The smallest absolute Gasteiger partial charge is 0.339 e. The highest BCUT2D eigenvalue weighted by atomic mass is 16.4. The Morgan fingerprint density at radius 2 is 1.52 bits per heavy atom. The lowest BCUT2D eigenvalue weighted by Crippen LogP contribution is -2.00. The molecular weight excluding hydrogens is 264 g/mol. The van der Waals surface area contributed by atoms with Gasteiger partial charge in [0.05, 0.1) is 0 Å². The monoisotopic (exact) mass is 278 g/mol. The lowest BCUT2D eigenvalue weighted by atomic mass is 9.95. The fraction of sp³-hybridized carbons (Fsp3) is 0.0556. The fourth-order valence-corrected chi connectivity index (χ4v) is 2.56. The summed E-state index contributed by atoms with van der Waals surface area (Å²) in [6, 6.07) is 18.7. The van der Waals surface area contributed by atoms with E-state index in [0.717, 1.165) is 16.5 Å². The molecule has 0 aliphatic rings. The van der Waals surface area contributed by atoms with Gasteiger partial charge in [-0.05, 0) is 29.0 Å². The Morgan fingerprint density at radius 1 is 0.905 bits per heavy atom. The normalized spacial score (nSPS) is 10.7. The third-order valence-electron chi connectivity index (χ3n) is 3.57. The summed E-state index contributed by atoms with van der Waals surface area (Å²) >= 11 is 0. The van der Waals surface area contributed by atoms with Crippen LogP contribution in [0.3, 0.4) is 0 Å². The fourth-order valence-electron chi connectivity index (χ4n) is 2.56. The van der Waals surface area contributed by atoms with Crippen molar-refractivity contribution in [2.24, 2.45) is 0 Å². The molecule has 3 rings (SSSR count). The number of phenols is 1. The molecule has 3 aromatic carbocycles. The van der Waals surface area contributed by atoms with Gasteiger partial charge in [-0.15, -0.1) is 0 Å². The van der Waals surface area contributed by atoms with Gasteiger partial charge < -0.3 is 10.2 Å². The number of hydrogen-bond acceptors (Lipinski definition) is 2. The molecule has 104 valence electrons. The number of carbonyl (C=O) groups is 1. The summed E-state index contributed by atoms with van der Waals surface area (Å²) in [6.07, 6.45) is 0.627. The van der Waals surface area contributed by atoms with Gasteiger partial charge in [0, 0.05) is 5.39 Å². The second kappa shape index (κ2) is 5.29. The van der Waals surface area contributed by atoms with Crippen LogP contribution in [-0.2, 0) is 6.42 Å². The van der Waals surface area contributed by atoms with E-state index in [9.17, 15) is 15.0 Å². The molecule has 0 spiro atoms. The molecule has 0 radical (unpaired) electrons. The Labute approximate surface area is 122 Å². The SMILES string of the molecule is O=C(O)c1cc(Cc2ccccc2)c2ccccc2c1O. The first-order valence-electron chi connectivity index (χ1n) is 6.67. The molecule has 3 heteroatoms. The quantitative estimate of drug-likeness (QED) is 0.765. The molecule has 3 aromatic rings. The summed E-state index contributed by atoms with van der Waals surface area (Å²) in [5.41, 5.74) is 1.94. The van der Waals surface area contributed by atoms with E-state index in [4.69, 9.17) is 0 Å². The van der Waals surface area contributed by atoms with E-state index >= 15 is 0 Å². The molecule has 0 unspecified atom stereocenters. The third kappa shape index (κ3) is 2.46. The highest BCUT2D eigenvalue weighted by Gasteiger charge is 2.16. The predicted molar refractivity (Wildman–Crippen MR) is 81.8 cm³/mol. The second-order valence-electron chi connectivity index (χ2n) is 4.94. The minimum atomic E-state index is -1.12. The van der Waals surface area contributed by atoms with Gasteiger partial charge in [-0.3, -0.25) is 0 Å². The van der Waals surface area contributed by atoms with Crippen molar-refractivity contribution in [3.8, 4) is 5.75 Å². The van der Waals surface area contributed by atoms with Gasteiger partial charge in [0.25, 0.3) is 0 Å². The van der Waals surface area contributed by atoms with Crippen molar-refractivity contribution in [1.82, 2.24) is 0 Å². The zero-order chi connectivity index (χ0) is 14.8. The van der Waals surface area contributed by atoms with E-state index in [1.54, 1.807) is 18.2 Å². The zero-order valence-electron chi connectivity index (χ0n) is 11.3. The molecule has 0 fully saturated rings. The van der Waals surface area contributed by atoms with Crippen LogP contribution in [0, 0.1) is 0 Å². The Balaban J connectivity index is 2.21. The minimum Gasteiger partial charge on any atom is -0.506 e. The minimum absolute atomic E-state index is 0.0559. The number of aromatic carboxylic acids is 1. The van der Waals surface area contributed by atoms with Gasteiger partial charge in [-0.25, -0.2) is 4.79 Å². The van der Waals surface area contributed by atoms with Gasteiger partial charge in [0.1, 0.15) is 11.3 Å². The molecule has 0 aromatic heterocycles. The van der Waals surface area contributed by atoms with Crippen LogP contribution in [-0.4, -0.2) is 16.2 Å². The molecule has 0 bridgehead atoms. The first-order valence-corrected chi connectivity index (χ1v) is 6.67. The second-order valence-corrected chi connectivity index (χ2v) is 4.94. The van der Waals surface area contributed by atoms with Crippen molar-refractivity contribution < 1.29 is 15.0 Å². The molecule has 0 saturated heterocycles. The topological polar surface area (TPSA) is 57.5 Å². The molecule has 2 N–H and O–H groups in total. The molecule has 0 aliphatic heterocycles. The van der Waals surface area contributed by atoms with Gasteiger partial charge in [0.2, 0.25) is 0 Å². The number of carboxylic acid groups (broad SMARTS) is 1. The predicted octanol–water partition coefficient (Wildman–Crippen LogP) is 3.83. The highest BCUT2D eigenvalue weighted by Crippen LogP contribution is 2.32. The van der Waals surface area contributed by atoms with Crippen molar-refractivity contribution in [2.45, 2.75) is 6.42 Å². The molecule has 0 atom stereocenters. The summed E-state index contributed by atoms with van der Waals surface area (Å²) in [5.74, 6) is -1.29. The number of aromatic hydroxyl groups is 1. The largest absolute Gasteiger partial charge is 0.506 e. The van der Waals surface area contributed by atoms with Crippen LogP contribution >= 0.6 is 0 Å². The summed E-state index contributed by atoms with van der Waals surface area (Å²) in [7, 11) is 0. The van der Waals surface area contributed by atoms with Gasteiger partial charge in [0.15, 0.2) is 0 Å². The molecule has 0 heterocycles. The molecule has 0 saturated carbocycles. The number of carboxylic acids is 1. The highest BCUT2D eigenvalue weighted by molar-refractivity contribution is 6.01. The van der Waals surface area contributed by atoms with Crippen LogP contribution in [0.1, 0.15) is 21.5 Å². The standard InChI is InChI=1S/C18H14O3/c19-17-15-9-5-4-8-14(15)13(11-16(17)18(20)21)10-12-6-2-1-3-7-12/h1-9,11,19H,10H2,(H,20,21). The Morgan fingerprint density at radius 3 is 2.19 bits per heavy atom. The maximum absolute atomic E-state index is 11.3. The Hall–Kier alpha value is -2.81. The van der Waals surface area contributed by atoms with Crippen molar-refractivity contribution in [3.63, 3.8) is 0 Å². The lowest BCUT2D eigenvalue weighted by Gasteiger charge is -2.11. The Kier molecular flexibility index (Phi) is 3.32. The Bertz CT molecular complexity index is 807. The molecule has 3 nitrogen and oxygen atoms in total. The summed E-state index contributed by atoms with van der Waals surface area (Å²) < 4.78 is 0. The van der Waals surface area contributed by atoms with Crippen molar-refractivity contribution in [1.29, 1.82) is 0 Å². The number of hydrogen-bond donors (Lipinski definition) is 2. The van der Waals surface area contributed by atoms with Crippen molar-refractivity contribution in [2.75, 3.05) is 0 Å². The van der Waals surface area contributed by atoms with Crippen molar-refractivity contribution >= 4 is 16.7 Å². The zero-order valence-corrected chi connectivity index (χ0v) is 11.3. The maximum atomic E-state index is 11.3. The molecule has 21 heavy (non-hydrogen) atoms. The van der Waals surface area contributed by atoms with Gasteiger partial charge in [-0.1, -0.05) is 54.6 Å². The number of fused-ring (bicyclic) bond motifs is 1. The van der Waals surface area contributed by atoms with Crippen LogP contribution in [0.2, 0.25) is 0 Å². The third-order valence-corrected chi connectivity index (χ3v) is 3.57. The van der Waals surface area contributed by atoms with E-state index in [1.165, 1.54) is 0 Å². The average Bonchev–Trinajstić information content (AvgIpc) is 2.51. The van der Waals surface area contributed by atoms with Crippen molar-refractivity contribution in [3.05, 3.63) is 77.4 Å².